The molecule has 4 amide bonds. The number of phenols is 1. The normalized spacial score (nSPS) is 20.8. The molecule has 6 rings (SSSR count). The Morgan fingerprint density at radius 1 is 0.898 bits per heavy atom. The number of fused-ring (bicyclic) bond motifs is 1. The lowest BCUT2D eigenvalue weighted by atomic mass is 9.91. The van der Waals surface area contributed by atoms with E-state index >= 15 is 0 Å². The van der Waals surface area contributed by atoms with Gasteiger partial charge in [0.25, 0.3) is 0 Å². The average molecular weight is 704 g/mol. The molecule has 2 N–H and O–H groups in total. The van der Waals surface area contributed by atoms with Gasteiger partial charge in [0.2, 0.25) is 11.8 Å². The fourth-order valence-corrected chi connectivity index (χ4v) is 8.26. The van der Waals surface area contributed by atoms with Gasteiger partial charge in [-0.25, -0.2) is 4.79 Å². The van der Waals surface area contributed by atoms with E-state index in [9.17, 15) is 32.7 Å². The van der Waals surface area contributed by atoms with E-state index in [1.54, 1.807) is 9.80 Å². The van der Waals surface area contributed by atoms with Crippen LogP contribution in [-0.2, 0) is 28.6 Å². The van der Waals surface area contributed by atoms with Crippen molar-refractivity contribution in [2.45, 2.75) is 82.5 Å². The third-order valence-corrected chi connectivity index (χ3v) is 11.1. The SMILES string of the molecule is O=C(C[C@H](Cc1cc(Cl)c(O)c(C(F)(F)F)c1)C(=O)N1CCC(N2CCCCC2)CC1)N1CCC(N2CCc3ccccc3NC2=O)CC1. The molecule has 266 valence electrons. The van der Waals surface area contributed by atoms with Gasteiger partial charge in [-0.2, -0.15) is 13.2 Å². The van der Waals surface area contributed by atoms with Crippen LogP contribution in [0.2, 0.25) is 5.02 Å². The van der Waals surface area contributed by atoms with E-state index in [-0.39, 0.29) is 42.3 Å². The van der Waals surface area contributed by atoms with Crippen LogP contribution in [0, 0.1) is 5.92 Å². The molecule has 0 aromatic heterocycles. The van der Waals surface area contributed by atoms with Gasteiger partial charge in [0.15, 0.2) is 0 Å². The number of amides is 4. The number of halogens is 4. The Hall–Kier alpha value is -3.51. The van der Waals surface area contributed by atoms with E-state index in [1.807, 2.05) is 29.2 Å². The van der Waals surface area contributed by atoms with Crippen LogP contribution in [0.1, 0.15) is 68.1 Å². The monoisotopic (exact) mass is 703 g/mol. The minimum atomic E-state index is -4.84. The summed E-state index contributed by atoms with van der Waals surface area (Å²) in [4.78, 5) is 48.7. The largest absolute Gasteiger partial charge is 0.506 e. The van der Waals surface area contributed by atoms with Gasteiger partial charge >= 0.3 is 12.2 Å². The summed E-state index contributed by atoms with van der Waals surface area (Å²) in [6, 6.07) is 10.0. The second kappa shape index (κ2) is 15.2. The summed E-state index contributed by atoms with van der Waals surface area (Å²) >= 11 is 6.02. The number of nitrogens with zero attached hydrogens (tertiary/aromatic N) is 4. The van der Waals surface area contributed by atoms with Crippen molar-refractivity contribution < 1.29 is 32.7 Å². The molecule has 0 unspecified atom stereocenters. The first-order chi connectivity index (χ1) is 23.5. The zero-order chi connectivity index (χ0) is 34.7. The number of hydrogen-bond donors (Lipinski definition) is 2. The Balaban J connectivity index is 1.12. The van der Waals surface area contributed by atoms with Crippen LogP contribution >= 0.6 is 11.6 Å². The van der Waals surface area contributed by atoms with Gasteiger partial charge in [-0.15, -0.1) is 0 Å². The number of phenolic OH excluding ortho intramolecular Hbond substituents is 1. The molecule has 0 aliphatic carbocycles. The zero-order valence-electron chi connectivity index (χ0n) is 27.7. The Bertz CT molecular complexity index is 1520. The summed E-state index contributed by atoms with van der Waals surface area (Å²) in [6.45, 7) is 4.57. The summed E-state index contributed by atoms with van der Waals surface area (Å²) < 4.78 is 41.2. The summed E-state index contributed by atoms with van der Waals surface area (Å²) in [5.41, 5.74) is 0.759. The van der Waals surface area contributed by atoms with Crippen LogP contribution in [0.25, 0.3) is 0 Å². The average Bonchev–Trinajstić information content (AvgIpc) is 3.27. The number of piperidine rings is 3. The molecule has 3 fully saturated rings. The number of likely N-dealkylation sites (tertiary alicyclic amines) is 3. The summed E-state index contributed by atoms with van der Waals surface area (Å²) in [6.07, 6.45) is 2.00. The fourth-order valence-electron chi connectivity index (χ4n) is 8.02. The molecule has 9 nitrogen and oxygen atoms in total. The second-order valence-corrected chi connectivity index (χ2v) is 14.3. The number of carbonyl (C=O) groups excluding carboxylic acids is 3. The predicted octanol–water partition coefficient (Wildman–Crippen LogP) is 6.17. The predicted molar refractivity (Wildman–Crippen MR) is 180 cm³/mol. The molecular formula is C36H45ClF3N5O4. The minimum absolute atomic E-state index is 0.0445. The maximum Gasteiger partial charge on any atom is 0.420 e. The molecule has 4 aliphatic heterocycles. The van der Waals surface area contributed by atoms with E-state index < -0.39 is 28.4 Å². The van der Waals surface area contributed by atoms with Gasteiger partial charge < -0.3 is 30.0 Å². The number of hydrogen-bond acceptors (Lipinski definition) is 5. The van der Waals surface area contributed by atoms with E-state index in [4.69, 9.17) is 11.6 Å². The lowest BCUT2D eigenvalue weighted by Gasteiger charge is -2.41. The molecule has 0 bridgehead atoms. The lowest BCUT2D eigenvalue weighted by molar-refractivity contribution is -0.143. The number of aromatic hydroxyl groups is 1. The molecule has 2 aromatic rings. The first-order valence-electron chi connectivity index (χ1n) is 17.5. The zero-order valence-corrected chi connectivity index (χ0v) is 28.4. The third kappa shape index (κ3) is 8.28. The van der Waals surface area contributed by atoms with Crippen LogP contribution < -0.4 is 5.32 Å². The van der Waals surface area contributed by atoms with Crippen molar-refractivity contribution in [2.75, 3.05) is 51.1 Å². The van der Waals surface area contributed by atoms with Crippen molar-refractivity contribution in [1.29, 1.82) is 0 Å². The topological polar surface area (TPSA) is 96.4 Å². The molecule has 2 aromatic carbocycles. The van der Waals surface area contributed by atoms with Crippen molar-refractivity contribution in [2.24, 2.45) is 5.92 Å². The Labute approximate surface area is 290 Å². The quantitative estimate of drug-likeness (QED) is 0.360. The number of rotatable bonds is 7. The molecular weight excluding hydrogens is 659 g/mol. The Morgan fingerprint density at radius 3 is 2.24 bits per heavy atom. The van der Waals surface area contributed by atoms with Crippen LogP contribution in [0.15, 0.2) is 36.4 Å². The van der Waals surface area contributed by atoms with E-state index in [2.05, 4.69) is 10.2 Å². The van der Waals surface area contributed by atoms with Crippen molar-refractivity contribution in [1.82, 2.24) is 19.6 Å². The number of nitrogens with one attached hydrogen (secondary N) is 1. The van der Waals surface area contributed by atoms with Crippen LogP contribution in [0.5, 0.6) is 5.75 Å². The highest BCUT2D eigenvalue weighted by molar-refractivity contribution is 6.32. The maximum absolute atomic E-state index is 14.0. The molecule has 0 spiro atoms. The van der Waals surface area contributed by atoms with Crippen LogP contribution in [0.3, 0.4) is 0 Å². The van der Waals surface area contributed by atoms with Gasteiger partial charge in [-0.05, 0) is 93.8 Å². The molecule has 1 atom stereocenters. The minimum Gasteiger partial charge on any atom is -0.506 e. The molecule has 13 heteroatoms. The molecule has 3 saturated heterocycles. The number of anilines is 1. The molecule has 4 heterocycles. The smallest absolute Gasteiger partial charge is 0.420 e. The Morgan fingerprint density at radius 2 is 1.55 bits per heavy atom. The maximum atomic E-state index is 14.0. The van der Waals surface area contributed by atoms with Crippen molar-refractivity contribution in [3.05, 3.63) is 58.1 Å². The van der Waals surface area contributed by atoms with Gasteiger partial charge in [-0.1, -0.05) is 36.2 Å². The molecule has 49 heavy (non-hydrogen) atoms. The Kier molecular flexibility index (Phi) is 10.9. The van der Waals surface area contributed by atoms with Crippen LogP contribution in [-0.4, -0.2) is 100 Å². The summed E-state index contributed by atoms with van der Waals surface area (Å²) in [7, 11) is 0. The van der Waals surface area contributed by atoms with Gasteiger partial charge in [0.05, 0.1) is 16.5 Å². The standard InChI is InChI=1S/C36H45ClF3N5O4/c37-30-22-24(21-29(33(30)47)36(38,39)40)20-26(34(48)44-17-9-27(10-18-44)42-13-4-1-5-14-42)23-32(46)43-15-11-28(12-16-43)45-19-8-25-6-2-3-7-31(25)41-35(45)49/h2-3,6-7,21-22,26-28,47H,1,4-5,8-20,23H2,(H,41,49)/t26-/m0/s1. The van der Waals surface area contributed by atoms with Gasteiger partial charge in [0, 0.05) is 56.9 Å². The van der Waals surface area contributed by atoms with E-state index in [0.717, 1.165) is 49.7 Å². The molecule has 0 saturated carbocycles. The third-order valence-electron chi connectivity index (χ3n) is 10.8. The highest BCUT2D eigenvalue weighted by atomic mass is 35.5. The highest BCUT2D eigenvalue weighted by Crippen LogP contribution is 2.41. The van der Waals surface area contributed by atoms with Crippen molar-refractivity contribution >= 4 is 35.1 Å². The number of urea groups is 1. The number of carbonyl (C=O) groups is 3. The number of para-hydroxylation sites is 1. The van der Waals surface area contributed by atoms with E-state index in [1.165, 1.54) is 25.3 Å². The summed E-state index contributed by atoms with van der Waals surface area (Å²) in [5, 5.41) is 12.6. The second-order valence-electron chi connectivity index (χ2n) is 13.9. The number of benzene rings is 2. The van der Waals surface area contributed by atoms with Crippen molar-refractivity contribution in [3.8, 4) is 5.75 Å². The first-order valence-corrected chi connectivity index (χ1v) is 17.9. The van der Waals surface area contributed by atoms with Gasteiger partial charge in [0.1, 0.15) is 5.75 Å². The van der Waals surface area contributed by atoms with Gasteiger partial charge in [-0.3, -0.25) is 9.59 Å². The van der Waals surface area contributed by atoms with Crippen LogP contribution in [0.4, 0.5) is 23.7 Å². The van der Waals surface area contributed by atoms with Crippen molar-refractivity contribution in [3.63, 3.8) is 0 Å². The summed E-state index contributed by atoms with van der Waals surface area (Å²) in [5.74, 6) is -2.44. The molecule has 4 aliphatic rings. The first kappa shape index (κ1) is 35.3. The fraction of sp³-hybridized carbons (Fsp3) is 0.583. The molecule has 0 radical (unpaired) electrons. The number of alkyl halides is 3. The van der Waals surface area contributed by atoms with E-state index in [0.29, 0.717) is 51.6 Å². The highest BCUT2D eigenvalue weighted by Gasteiger charge is 2.38. The lowest BCUT2D eigenvalue weighted by Crippen LogP contribution is -2.51.